The van der Waals surface area contributed by atoms with Gasteiger partial charge in [-0.3, -0.25) is 0 Å². The van der Waals surface area contributed by atoms with E-state index in [1.807, 2.05) is 11.8 Å². The minimum Gasteiger partial charge on any atom is -0.128 e. The minimum atomic E-state index is 0.398. The summed E-state index contributed by atoms with van der Waals surface area (Å²) in [6.45, 7) is 13.8. The van der Waals surface area contributed by atoms with Crippen LogP contribution in [0.25, 0.3) is 0 Å². The van der Waals surface area contributed by atoms with Crippen LogP contribution in [0.5, 0.6) is 0 Å². The van der Waals surface area contributed by atoms with Crippen molar-refractivity contribution >= 4 is 11.8 Å². The molecule has 0 aliphatic heterocycles. The zero-order chi connectivity index (χ0) is 11.9. The standard InChI is InChI=1S/C14H28S/c1-7-13(5,8-2)11-12-15-14(6,9-3)10-4/h11-12H,7-10H2,1-6H3/b12-11-. The van der Waals surface area contributed by atoms with Crippen LogP contribution in [0.1, 0.15) is 67.2 Å². The van der Waals surface area contributed by atoms with Gasteiger partial charge in [-0.05, 0) is 36.5 Å². The monoisotopic (exact) mass is 228 g/mol. The lowest BCUT2D eigenvalue weighted by Gasteiger charge is -2.26. The second-order valence-electron chi connectivity index (χ2n) is 4.94. The molecule has 0 radical (unpaired) electrons. The van der Waals surface area contributed by atoms with Gasteiger partial charge in [0.25, 0.3) is 0 Å². The molecule has 15 heavy (non-hydrogen) atoms. The summed E-state index contributed by atoms with van der Waals surface area (Å²) in [5.41, 5.74) is 0.398. The first kappa shape index (κ1) is 15.1. The van der Waals surface area contributed by atoms with Crippen molar-refractivity contribution in [1.82, 2.24) is 0 Å². The molecule has 0 amide bonds. The molecule has 90 valence electrons. The van der Waals surface area contributed by atoms with Crippen molar-refractivity contribution in [3.05, 3.63) is 11.5 Å². The van der Waals surface area contributed by atoms with Crippen LogP contribution in [0, 0.1) is 5.41 Å². The Morgan fingerprint density at radius 1 is 0.867 bits per heavy atom. The van der Waals surface area contributed by atoms with Crippen molar-refractivity contribution in [2.24, 2.45) is 5.41 Å². The maximum atomic E-state index is 2.40. The van der Waals surface area contributed by atoms with E-state index in [9.17, 15) is 0 Å². The second-order valence-corrected chi connectivity index (χ2v) is 6.43. The molecule has 0 aromatic heterocycles. The lowest BCUT2D eigenvalue weighted by atomic mass is 9.85. The maximum Gasteiger partial charge on any atom is 0.0167 e. The van der Waals surface area contributed by atoms with Crippen molar-refractivity contribution in [3.63, 3.8) is 0 Å². The molecule has 0 bridgehead atoms. The lowest BCUT2D eigenvalue weighted by Crippen LogP contribution is -2.16. The summed E-state index contributed by atoms with van der Waals surface area (Å²) in [4.78, 5) is 0. The minimum absolute atomic E-state index is 0.398. The molecule has 0 rings (SSSR count). The third-order valence-electron chi connectivity index (χ3n) is 3.93. The molecule has 0 atom stereocenters. The fourth-order valence-electron chi connectivity index (χ4n) is 1.26. The van der Waals surface area contributed by atoms with E-state index >= 15 is 0 Å². The Bertz CT molecular complexity index is 186. The summed E-state index contributed by atoms with van der Waals surface area (Å²) in [5.74, 6) is 0. The molecule has 0 heterocycles. The molecule has 0 saturated heterocycles. The third kappa shape index (κ3) is 5.10. The number of thioether (sulfide) groups is 1. The first-order chi connectivity index (χ1) is 6.95. The van der Waals surface area contributed by atoms with Crippen LogP contribution in [0.4, 0.5) is 0 Å². The van der Waals surface area contributed by atoms with Crippen molar-refractivity contribution in [2.45, 2.75) is 72.0 Å². The van der Waals surface area contributed by atoms with E-state index in [4.69, 9.17) is 0 Å². The Morgan fingerprint density at radius 2 is 1.33 bits per heavy atom. The van der Waals surface area contributed by atoms with Gasteiger partial charge in [-0.15, -0.1) is 11.8 Å². The van der Waals surface area contributed by atoms with Crippen molar-refractivity contribution in [2.75, 3.05) is 0 Å². The molecule has 0 aliphatic rings. The van der Waals surface area contributed by atoms with Gasteiger partial charge in [-0.1, -0.05) is 47.6 Å². The Labute approximate surface area is 101 Å². The third-order valence-corrected chi connectivity index (χ3v) is 5.35. The van der Waals surface area contributed by atoms with Crippen molar-refractivity contribution in [1.29, 1.82) is 0 Å². The molecular weight excluding hydrogens is 200 g/mol. The van der Waals surface area contributed by atoms with Crippen LogP contribution in [-0.2, 0) is 0 Å². The zero-order valence-corrected chi connectivity index (χ0v) is 12.2. The summed E-state index contributed by atoms with van der Waals surface area (Å²) in [7, 11) is 0. The summed E-state index contributed by atoms with van der Waals surface area (Å²) in [6.07, 6.45) is 7.35. The topological polar surface area (TPSA) is 0 Å². The first-order valence-electron chi connectivity index (χ1n) is 6.30. The van der Waals surface area contributed by atoms with Gasteiger partial charge in [0.1, 0.15) is 0 Å². The van der Waals surface area contributed by atoms with E-state index in [-0.39, 0.29) is 0 Å². The highest BCUT2D eigenvalue weighted by atomic mass is 32.2. The summed E-state index contributed by atoms with van der Waals surface area (Å²) >= 11 is 2.00. The molecule has 0 saturated carbocycles. The predicted molar refractivity (Wildman–Crippen MR) is 74.4 cm³/mol. The highest BCUT2D eigenvalue weighted by Crippen LogP contribution is 2.35. The SMILES string of the molecule is CCC(C)(/C=C\SC(C)(CC)CC)CC. The molecule has 0 aromatic carbocycles. The summed E-state index contributed by atoms with van der Waals surface area (Å²) < 4.78 is 0.429. The van der Waals surface area contributed by atoms with Gasteiger partial charge in [0.15, 0.2) is 0 Å². The highest BCUT2D eigenvalue weighted by molar-refractivity contribution is 8.03. The molecule has 0 nitrogen and oxygen atoms in total. The largest absolute Gasteiger partial charge is 0.128 e. The van der Waals surface area contributed by atoms with Crippen LogP contribution in [-0.4, -0.2) is 4.75 Å². The van der Waals surface area contributed by atoms with Gasteiger partial charge < -0.3 is 0 Å². The Morgan fingerprint density at radius 3 is 1.67 bits per heavy atom. The van der Waals surface area contributed by atoms with E-state index in [0.717, 1.165) is 0 Å². The quantitative estimate of drug-likeness (QED) is 0.543. The Kier molecular flexibility index (Phi) is 6.66. The van der Waals surface area contributed by atoms with Gasteiger partial charge in [-0.25, -0.2) is 0 Å². The van der Waals surface area contributed by atoms with Gasteiger partial charge in [0.2, 0.25) is 0 Å². The molecular formula is C14H28S. The van der Waals surface area contributed by atoms with Crippen LogP contribution >= 0.6 is 11.8 Å². The van der Waals surface area contributed by atoms with Gasteiger partial charge in [0, 0.05) is 4.75 Å². The average Bonchev–Trinajstić information content (AvgIpc) is 2.28. The number of hydrogen-bond donors (Lipinski definition) is 0. The van der Waals surface area contributed by atoms with Crippen LogP contribution < -0.4 is 0 Å². The highest BCUT2D eigenvalue weighted by Gasteiger charge is 2.20. The molecule has 0 N–H and O–H groups in total. The van der Waals surface area contributed by atoms with E-state index in [1.54, 1.807) is 0 Å². The maximum absolute atomic E-state index is 2.40. The molecule has 1 heteroatoms. The Balaban J connectivity index is 4.30. The number of allylic oxidation sites excluding steroid dienone is 1. The van der Waals surface area contributed by atoms with Crippen LogP contribution in [0.2, 0.25) is 0 Å². The van der Waals surface area contributed by atoms with E-state index in [2.05, 4.69) is 53.0 Å². The number of hydrogen-bond acceptors (Lipinski definition) is 1. The first-order valence-corrected chi connectivity index (χ1v) is 7.18. The summed E-state index contributed by atoms with van der Waals surface area (Å²) in [6, 6.07) is 0. The fourth-order valence-corrected chi connectivity index (χ4v) is 2.32. The fraction of sp³-hybridized carbons (Fsp3) is 0.857. The van der Waals surface area contributed by atoms with Gasteiger partial charge in [-0.2, -0.15) is 0 Å². The van der Waals surface area contributed by atoms with Crippen molar-refractivity contribution < 1.29 is 0 Å². The molecule has 0 aromatic rings. The predicted octanol–water partition coefficient (Wildman–Crippen LogP) is 5.64. The van der Waals surface area contributed by atoms with Crippen LogP contribution in [0.15, 0.2) is 11.5 Å². The normalized spacial score (nSPS) is 13.7. The molecule has 0 spiro atoms. The van der Waals surface area contributed by atoms with E-state index in [0.29, 0.717) is 10.2 Å². The van der Waals surface area contributed by atoms with Crippen LogP contribution in [0.3, 0.4) is 0 Å². The van der Waals surface area contributed by atoms with Crippen molar-refractivity contribution in [3.8, 4) is 0 Å². The lowest BCUT2D eigenvalue weighted by molar-refractivity contribution is 0.396. The molecule has 0 aliphatic carbocycles. The average molecular weight is 228 g/mol. The zero-order valence-electron chi connectivity index (χ0n) is 11.4. The van der Waals surface area contributed by atoms with E-state index < -0.39 is 0 Å². The Hall–Kier alpha value is 0.0900. The second kappa shape index (κ2) is 6.62. The molecule has 0 unspecified atom stereocenters. The number of rotatable bonds is 7. The van der Waals surface area contributed by atoms with Gasteiger partial charge in [0.05, 0.1) is 0 Å². The summed E-state index contributed by atoms with van der Waals surface area (Å²) in [5, 5.41) is 2.33. The molecule has 0 fully saturated rings. The smallest absolute Gasteiger partial charge is 0.0167 e. The van der Waals surface area contributed by atoms with E-state index in [1.165, 1.54) is 25.7 Å². The van der Waals surface area contributed by atoms with Gasteiger partial charge >= 0.3 is 0 Å².